The van der Waals surface area contributed by atoms with E-state index in [4.69, 9.17) is 4.74 Å². The van der Waals surface area contributed by atoms with E-state index in [1.54, 1.807) is 24.3 Å². The van der Waals surface area contributed by atoms with Crippen LogP contribution in [0.5, 0.6) is 5.75 Å². The van der Waals surface area contributed by atoms with E-state index in [2.05, 4.69) is 4.90 Å². The summed E-state index contributed by atoms with van der Waals surface area (Å²) in [6.07, 6.45) is -0.0367. The van der Waals surface area contributed by atoms with Gasteiger partial charge in [-0.1, -0.05) is 0 Å². The van der Waals surface area contributed by atoms with Gasteiger partial charge in [0.25, 0.3) is 0 Å². The van der Waals surface area contributed by atoms with Gasteiger partial charge in [-0.05, 0) is 62.4 Å². The van der Waals surface area contributed by atoms with Gasteiger partial charge in [0, 0.05) is 37.9 Å². The Hall–Kier alpha value is -2.17. The molecule has 0 radical (unpaired) electrons. The van der Waals surface area contributed by atoms with Crippen LogP contribution in [0, 0.1) is 5.82 Å². The molecule has 180 valence electrons. The van der Waals surface area contributed by atoms with E-state index >= 15 is 0 Å². The maximum Gasteiger partial charge on any atom is 0.183 e. The zero-order valence-electron chi connectivity index (χ0n) is 18.7. The Bertz CT molecular complexity index is 1170. The summed E-state index contributed by atoms with van der Waals surface area (Å²) in [5.41, 5.74) is 0.892. The first-order chi connectivity index (χ1) is 15.5. The third kappa shape index (κ3) is 5.33. The molecule has 2 aromatic rings. The van der Waals surface area contributed by atoms with Crippen molar-refractivity contribution in [3.63, 3.8) is 0 Å². The number of sulfone groups is 2. The van der Waals surface area contributed by atoms with Crippen molar-refractivity contribution >= 4 is 25.4 Å². The Labute approximate surface area is 195 Å². The molecule has 0 aromatic heterocycles. The van der Waals surface area contributed by atoms with Gasteiger partial charge in [0.15, 0.2) is 19.7 Å². The standard InChI is InChI=1S/C23H29FN2O5S2/c1-17(2)31-20-7-9-21(10-8-20)33(29,30)23-16-32(27,28)15-22(23)26-13-11-25(12-14-26)19-5-3-18(24)4-6-19/h3-10,17,22-23H,11-16H2,1-2H3/t22-,23-/m0/s1. The number of nitrogens with zero attached hydrogens (tertiary/aromatic N) is 2. The van der Waals surface area contributed by atoms with Crippen molar-refractivity contribution in [3.05, 3.63) is 54.3 Å². The molecule has 2 aliphatic heterocycles. The second-order valence-electron chi connectivity index (χ2n) is 8.87. The van der Waals surface area contributed by atoms with Crippen LogP contribution in [-0.2, 0) is 19.7 Å². The van der Waals surface area contributed by atoms with Crippen LogP contribution in [-0.4, -0.2) is 76.8 Å². The van der Waals surface area contributed by atoms with E-state index in [1.165, 1.54) is 24.3 Å². The van der Waals surface area contributed by atoms with Crippen LogP contribution in [0.25, 0.3) is 0 Å². The molecular formula is C23H29FN2O5S2. The molecule has 33 heavy (non-hydrogen) atoms. The lowest BCUT2D eigenvalue weighted by Gasteiger charge is -2.40. The highest BCUT2D eigenvalue weighted by molar-refractivity contribution is 7.96. The summed E-state index contributed by atoms with van der Waals surface area (Å²) in [6.45, 7) is 6.05. The number of ether oxygens (including phenoxy) is 1. The minimum absolute atomic E-state index is 0.0367. The Kier molecular flexibility index (Phi) is 6.70. The van der Waals surface area contributed by atoms with Gasteiger partial charge in [0.1, 0.15) is 11.6 Å². The average Bonchev–Trinajstić information content (AvgIpc) is 3.11. The fraction of sp³-hybridized carbons (Fsp3) is 0.478. The Morgan fingerprint density at radius 2 is 1.55 bits per heavy atom. The third-order valence-corrected chi connectivity index (χ3v) is 10.3. The molecule has 2 aliphatic rings. The first kappa shape index (κ1) is 24.0. The lowest BCUT2D eigenvalue weighted by atomic mass is 10.1. The van der Waals surface area contributed by atoms with E-state index in [9.17, 15) is 21.2 Å². The Balaban J connectivity index is 1.51. The monoisotopic (exact) mass is 496 g/mol. The highest BCUT2D eigenvalue weighted by Crippen LogP contribution is 2.31. The molecule has 0 spiro atoms. The van der Waals surface area contributed by atoms with Gasteiger partial charge in [0.05, 0.1) is 27.8 Å². The molecule has 7 nitrogen and oxygen atoms in total. The van der Waals surface area contributed by atoms with Crippen molar-refractivity contribution in [1.82, 2.24) is 4.90 Å². The summed E-state index contributed by atoms with van der Waals surface area (Å²) in [5, 5.41) is -1.02. The molecule has 2 aromatic carbocycles. The summed E-state index contributed by atoms with van der Waals surface area (Å²) in [4.78, 5) is 4.18. The molecule has 0 bridgehead atoms. The highest BCUT2D eigenvalue weighted by atomic mass is 32.2. The van der Waals surface area contributed by atoms with Crippen molar-refractivity contribution in [1.29, 1.82) is 0 Å². The van der Waals surface area contributed by atoms with Gasteiger partial charge in [-0.15, -0.1) is 0 Å². The molecule has 10 heteroatoms. The highest BCUT2D eigenvalue weighted by Gasteiger charge is 2.48. The van der Waals surface area contributed by atoms with Crippen LogP contribution < -0.4 is 9.64 Å². The minimum Gasteiger partial charge on any atom is -0.491 e. The molecule has 0 unspecified atom stereocenters. The van der Waals surface area contributed by atoms with Crippen molar-refractivity contribution in [2.45, 2.75) is 36.1 Å². The summed E-state index contributed by atoms with van der Waals surface area (Å²) >= 11 is 0. The molecule has 0 saturated carbocycles. The molecule has 0 N–H and O–H groups in total. The van der Waals surface area contributed by atoms with E-state index in [-0.39, 0.29) is 28.3 Å². The molecule has 2 fully saturated rings. The van der Waals surface area contributed by atoms with E-state index in [0.717, 1.165) is 5.69 Å². The average molecular weight is 497 g/mol. The maximum atomic E-state index is 13.4. The predicted molar refractivity (Wildman–Crippen MR) is 126 cm³/mol. The van der Waals surface area contributed by atoms with Gasteiger partial charge in [-0.25, -0.2) is 21.2 Å². The second-order valence-corrected chi connectivity index (χ2v) is 13.2. The number of halogens is 1. The van der Waals surface area contributed by atoms with Gasteiger partial charge < -0.3 is 9.64 Å². The van der Waals surface area contributed by atoms with E-state index in [0.29, 0.717) is 31.9 Å². The number of hydrogen-bond acceptors (Lipinski definition) is 7. The van der Waals surface area contributed by atoms with Crippen LogP contribution >= 0.6 is 0 Å². The SMILES string of the molecule is CC(C)Oc1ccc(S(=O)(=O)[C@H]2CS(=O)(=O)C[C@@H]2N2CCN(c3ccc(F)cc3)CC2)cc1. The third-order valence-electron chi connectivity index (χ3n) is 6.17. The van der Waals surface area contributed by atoms with Crippen molar-refractivity contribution in [2.75, 3.05) is 42.6 Å². The van der Waals surface area contributed by atoms with Crippen molar-refractivity contribution < 1.29 is 26.0 Å². The first-order valence-electron chi connectivity index (χ1n) is 11.0. The lowest BCUT2D eigenvalue weighted by molar-refractivity contribution is 0.201. The normalized spacial score (nSPS) is 23.7. The summed E-state index contributed by atoms with van der Waals surface area (Å²) < 4.78 is 70.7. The second kappa shape index (κ2) is 9.23. The van der Waals surface area contributed by atoms with Crippen molar-refractivity contribution in [3.8, 4) is 5.75 Å². The predicted octanol–water partition coefficient (Wildman–Crippen LogP) is 2.37. The molecule has 2 heterocycles. The number of hydrogen-bond donors (Lipinski definition) is 0. The molecule has 0 amide bonds. The number of benzene rings is 2. The number of anilines is 1. The smallest absolute Gasteiger partial charge is 0.183 e. The Morgan fingerprint density at radius 3 is 2.12 bits per heavy atom. The van der Waals surface area contributed by atoms with Gasteiger partial charge in [-0.2, -0.15) is 0 Å². The fourth-order valence-corrected chi connectivity index (χ4v) is 9.38. The zero-order valence-corrected chi connectivity index (χ0v) is 20.4. The van der Waals surface area contributed by atoms with Crippen LogP contribution in [0.3, 0.4) is 0 Å². The molecule has 2 atom stereocenters. The molecule has 2 saturated heterocycles. The largest absolute Gasteiger partial charge is 0.491 e. The Morgan fingerprint density at radius 1 is 0.939 bits per heavy atom. The van der Waals surface area contributed by atoms with Crippen LogP contribution in [0.1, 0.15) is 13.8 Å². The maximum absolute atomic E-state index is 13.4. The van der Waals surface area contributed by atoms with Gasteiger partial charge >= 0.3 is 0 Å². The van der Waals surface area contributed by atoms with Gasteiger partial charge in [-0.3, -0.25) is 4.90 Å². The lowest BCUT2D eigenvalue weighted by Crippen LogP contribution is -2.55. The molecular weight excluding hydrogens is 467 g/mol. The summed E-state index contributed by atoms with van der Waals surface area (Å²) in [7, 11) is -7.34. The van der Waals surface area contributed by atoms with Crippen LogP contribution in [0.4, 0.5) is 10.1 Å². The summed E-state index contributed by atoms with van der Waals surface area (Å²) in [6, 6.07) is 11.8. The molecule has 4 rings (SSSR count). The molecule has 0 aliphatic carbocycles. The number of rotatable bonds is 6. The van der Waals surface area contributed by atoms with E-state index in [1.807, 2.05) is 18.7 Å². The van der Waals surface area contributed by atoms with Crippen LogP contribution in [0.15, 0.2) is 53.4 Å². The first-order valence-corrected chi connectivity index (χ1v) is 14.4. The zero-order chi connectivity index (χ0) is 23.8. The van der Waals surface area contributed by atoms with E-state index < -0.39 is 31.0 Å². The topological polar surface area (TPSA) is 84.0 Å². The van der Waals surface area contributed by atoms with Crippen LogP contribution in [0.2, 0.25) is 0 Å². The van der Waals surface area contributed by atoms with Gasteiger partial charge in [0.2, 0.25) is 0 Å². The summed E-state index contributed by atoms with van der Waals surface area (Å²) in [5.74, 6) is -0.272. The fourth-order valence-electron chi connectivity index (χ4n) is 4.55. The number of piperazine rings is 1. The minimum atomic E-state index is -3.86. The quantitative estimate of drug-likeness (QED) is 0.607. The van der Waals surface area contributed by atoms with Crippen molar-refractivity contribution in [2.24, 2.45) is 0 Å².